The third-order valence-corrected chi connectivity index (χ3v) is 2.49. The van der Waals surface area contributed by atoms with Gasteiger partial charge in [0.05, 0.1) is 11.8 Å². The van der Waals surface area contributed by atoms with E-state index in [-0.39, 0.29) is 11.7 Å². The number of hydrogen-bond donors (Lipinski definition) is 2. The molecule has 0 unspecified atom stereocenters. The van der Waals surface area contributed by atoms with Crippen LogP contribution in [0.25, 0.3) is 0 Å². The smallest absolute Gasteiger partial charge is 0.169 e. The van der Waals surface area contributed by atoms with Crippen LogP contribution in [0.2, 0.25) is 0 Å². The first-order valence-electron chi connectivity index (χ1n) is 4.61. The molecule has 1 aromatic rings. The minimum atomic E-state index is 0.193. The number of aromatic amines is 1. The van der Waals surface area contributed by atoms with E-state index in [2.05, 4.69) is 15.5 Å². The van der Waals surface area contributed by atoms with Gasteiger partial charge in [-0.25, -0.2) is 0 Å². The summed E-state index contributed by atoms with van der Waals surface area (Å²) >= 11 is 0. The Hall–Kier alpha value is -1.16. The van der Waals surface area contributed by atoms with Gasteiger partial charge in [0.25, 0.3) is 0 Å². The quantitative estimate of drug-likeness (QED) is 0.653. The first-order chi connectivity index (χ1) is 6.38. The summed E-state index contributed by atoms with van der Waals surface area (Å²) < 4.78 is 0. The lowest BCUT2D eigenvalue weighted by Gasteiger charge is -2.20. The highest BCUT2D eigenvalue weighted by Crippen LogP contribution is 2.16. The van der Waals surface area contributed by atoms with Crippen LogP contribution in [0.5, 0.6) is 0 Å². The molecule has 2 N–H and O–H groups in total. The van der Waals surface area contributed by atoms with Gasteiger partial charge in [-0.3, -0.25) is 9.89 Å². The number of hydrogen-bond acceptors (Lipinski definition) is 3. The van der Waals surface area contributed by atoms with Crippen molar-refractivity contribution in [1.82, 2.24) is 15.5 Å². The van der Waals surface area contributed by atoms with Gasteiger partial charge in [-0.1, -0.05) is 0 Å². The topological polar surface area (TPSA) is 57.8 Å². The molecule has 0 aliphatic carbocycles. The SMILES string of the molecule is O=C(c1cn[nH]c1)C1CCNCC1. The predicted molar refractivity (Wildman–Crippen MR) is 48.5 cm³/mol. The Morgan fingerprint density at radius 1 is 1.46 bits per heavy atom. The molecular formula is C9H13N3O. The van der Waals surface area contributed by atoms with Crippen LogP contribution in [0.15, 0.2) is 12.4 Å². The second-order valence-corrected chi connectivity index (χ2v) is 3.38. The molecule has 0 bridgehead atoms. The summed E-state index contributed by atoms with van der Waals surface area (Å²) in [6.07, 6.45) is 5.17. The average Bonchev–Trinajstić information content (AvgIpc) is 2.71. The minimum absolute atomic E-state index is 0.193. The standard InChI is InChI=1S/C9H13N3O/c13-9(8-5-11-12-6-8)7-1-3-10-4-2-7/h5-7,10H,1-4H2,(H,11,12). The average molecular weight is 179 g/mol. The van der Waals surface area contributed by atoms with E-state index in [1.807, 2.05) is 0 Å². The fourth-order valence-electron chi connectivity index (χ4n) is 1.71. The van der Waals surface area contributed by atoms with Crippen LogP contribution >= 0.6 is 0 Å². The number of nitrogens with one attached hydrogen (secondary N) is 2. The molecule has 1 aliphatic heterocycles. The molecular weight excluding hydrogens is 166 g/mol. The summed E-state index contributed by atoms with van der Waals surface area (Å²) in [6.45, 7) is 1.91. The highest BCUT2D eigenvalue weighted by Gasteiger charge is 2.22. The molecule has 0 saturated carbocycles. The van der Waals surface area contributed by atoms with Gasteiger partial charge < -0.3 is 5.32 Å². The Bertz CT molecular complexity index is 275. The molecule has 1 aromatic heterocycles. The van der Waals surface area contributed by atoms with Crippen LogP contribution < -0.4 is 5.32 Å². The lowest BCUT2D eigenvalue weighted by Crippen LogP contribution is -2.31. The Morgan fingerprint density at radius 3 is 2.85 bits per heavy atom. The number of carbonyl (C=O) groups excluding carboxylic acids is 1. The zero-order valence-corrected chi connectivity index (χ0v) is 7.42. The van der Waals surface area contributed by atoms with Crippen LogP contribution in [-0.4, -0.2) is 29.1 Å². The second kappa shape index (κ2) is 3.70. The van der Waals surface area contributed by atoms with Crippen molar-refractivity contribution >= 4 is 5.78 Å². The molecule has 0 atom stereocenters. The van der Waals surface area contributed by atoms with Gasteiger partial charge in [0, 0.05) is 12.1 Å². The summed E-state index contributed by atoms with van der Waals surface area (Å²) in [7, 11) is 0. The molecule has 0 aromatic carbocycles. The van der Waals surface area contributed by atoms with Gasteiger partial charge in [0.1, 0.15) is 0 Å². The molecule has 1 saturated heterocycles. The third-order valence-electron chi connectivity index (χ3n) is 2.49. The van der Waals surface area contributed by atoms with Crippen molar-refractivity contribution in [2.45, 2.75) is 12.8 Å². The van der Waals surface area contributed by atoms with Crippen molar-refractivity contribution in [3.05, 3.63) is 18.0 Å². The summed E-state index contributed by atoms with van der Waals surface area (Å²) in [4.78, 5) is 11.8. The highest BCUT2D eigenvalue weighted by atomic mass is 16.1. The van der Waals surface area contributed by atoms with Crippen LogP contribution in [0.3, 0.4) is 0 Å². The van der Waals surface area contributed by atoms with Crippen molar-refractivity contribution in [3.8, 4) is 0 Å². The summed E-state index contributed by atoms with van der Waals surface area (Å²) in [5.74, 6) is 0.425. The van der Waals surface area contributed by atoms with Gasteiger partial charge in [0.15, 0.2) is 5.78 Å². The fourth-order valence-corrected chi connectivity index (χ4v) is 1.71. The Balaban J connectivity index is 2.04. The Morgan fingerprint density at radius 2 is 2.23 bits per heavy atom. The van der Waals surface area contributed by atoms with Crippen molar-refractivity contribution in [2.24, 2.45) is 5.92 Å². The summed E-state index contributed by atoms with van der Waals surface area (Å²) in [5.41, 5.74) is 0.715. The first kappa shape index (κ1) is 8.44. The van der Waals surface area contributed by atoms with Gasteiger partial charge >= 0.3 is 0 Å². The predicted octanol–water partition coefficient (Wildman–Crippen LogP) is 0.592. The zero-order chi connectivity index (χ0) is 9.10. The molecule has 2 heterocycles. The van der Waals surface area contributed by atoms with Crippen molar-refractivity contribution in [1.29, 1.82) is 0 Å². The second-order valence-electron chi connectivity index (χ2n) is 3.38. The molecule has 0 amide bonds. The zero-order valence-electron chi connectivity index (χ0n) is 7.42. The molecule has 1 fully saturated rings. The number of aromatic nitrogens is 2. The van der Waals surface area contributed by atoms with Gasteiger partial charge in [-0.2, -0.15) is 5.10 Å². The normalized spacial score (nSPS) is 18.8. The molecule has 70 valence electrons. The number of piperidine rings is 1. The maximum absolute atomic E-state index is 11.8. The molecule has 0 radical (unpaired) electrons. The van der Waals surface area contributed by atoms with Gasteiger partial charge in [0.2, 0.25) is 0 Å². The van der Waals surface area contributed by atoms with Crippen molar-refractivity contribution in [2.75, 3.05) is 13.1 Å². The number of carbonyl (C=O) groups is 1. The van der Waals surface area contributed by atoms with Crippen LogP contribution in [-0.2, 0) is 0 Å². The van der Waals surface area contributed by atoms with Gasteiger partial charge in [-0.05, 0) is 25.9 Å². The van der Waals surface area contributed by atoms with E-state index in [9.17, 15) is 4.79 Å². The number of H-pyrrole nitrogens is 1. The molecule has 4 heteroatoms. The van der Waals surface area contributed by atoms with Gasteiger partial charge in [-0.15, -0.1) is 0 Å². The van der Waals surface area contributed by atoms with E-state index in [0.29, 0.717) is 5.56 Å². The highest BCUT2D eigenvalue weighted by molar-refractivity contribution is 5.97. The van der Waals surface area contributed by atoms with E-state index in [1.165, 1.54) is 0 Å². The van der Waals surface area contributed by atoms with E-state index in [0.717, 1.165) is 25.9 Å². The maximum atomic E-state index is 11.8. The van der Waals surface area contributed by atoms with E-state index in [1.54, 1.807) is 12.4 Å². The Labute approximate surface area is 76.7 Å². The minimum Gasteiger partial charge on any atom is -0.317 e. The van der Waals surface area contributed by atoms with Crippen LogP contribution in [0.1, 0.15) is 23.2 Å². The largest absolute Gasteiger partial charge is 0.317 e. The summed E-state index contributed by atoms with van der Waals surface area (Å²) in [5, 5.41) is 9.68. The van der Waals surface area contributed by atoms with E-state index >= 15 is 0 Å². The summed E-state index contributed by atoms with van der Waals surface area (Å²) in [6, 6.07) is 0. The molecule has 1 aliphatic rings. The van der Waals surface area contributed by atoms with Crippen LogP contribution in [0, 0.1) is 5.92 Å². The number of nitrogens with zero attached hydrogens (tertiary/aromatic N) is 1. The van der Waals surface area contributed by atoms with E-state index < -0.39 is 0 Å². The lowest BCUT2D eigenvalue weighted by molar-refractivity contribution is 0.0895. The molecule has 0 spiro atoms. The first-order valence-corrected chi connectivity index (χ1v) is 4.61. The number of ketones is 1. The maximum Gasteiger partial charge on any atom is 0.169 e. The number of rotatable bonds is 2. The van der Waals surface area contributed by atoms with Crippen molar-refractivity contribution in [3.63, 3.8) is 0 Å². The third kappa shape index (κ3) is 1.78. The fraction of sp³-hybridized carbons (Fsp3) is 0.556. The number of Topliss-reactive ketones (excluding diaryl/α,β-unsaturated/α-hetero) is 1. The monoisotopic (exact) mass is 179 g/mol. The Kier molecular flexibility index (Phi) is 2.40. The van der Waals surface area contributed by atoms with Crippen molar-refractivity contribution < 1.29 is 4.79 Å². The van der Waals surface area contributed by atoms with Crippen LogP contribution in [0.4, 0.5) is 0 Å². The molecule has 4 nitrogen and oxygen atoms in total. The lowest BCUT2D eigenvalue weighted by atomic mass is 9.91. The van der Waals surface area contributed by atoms with E-state index in [4.69, 9.17) is 0 Å². The molecule has 2 rings (SSSR count). The molecule has 13 heavy (non-hydrogen) atoms.